The van der Waals surface area contributed by atoms with E-state index in [2.05, 4.69) is 12.6 Å². The molecule has 0 spiro atoms. The molecule has 1 aromatic rings. The van der Waals surface area contributed by atoms with Gasteiger partial charge < -0.3 is 15.2 Å². The van der Waals surface area contributed by atoms with E-state index in [1.54, 1.807) is 7.11 Å². The first-order chi connectivity index (χ1) is 8.27. The molecular weight excluding hydrogens is 270 g/mol. The van der Waals surface area contributed by atoms with Gasteiger partial charge in [0.25, 0.3) is 0 Å². The van der Waals surface area contributed by atoms with Gasteiger partial charge in [-0.1, -0.05) is 12.1 Å². The van der Waals surface area contributed by atoms with Crippen molar-refractivity contribution in [2.75, 3.05) is 19.5 Å². The summed E-state index contributed by atoms with van der Waals surface area (Å²) >= 11 is 4.15. The van der Waals surface area contributed by atoms with Crippen molar-refractivity contribution in [3.05, 3.63) is 24.3 Å². The highest BCUT2D eigenvalue weighted by atomic mass is 35.5. The summed E-state index contributed by atoms with van der Waals surface area (Å²) in [6, 6.07) is 7.88. The zero-order valence-electron chi connectivity index (χ0n) is 10.7. The van der Waals surface area contributed by atoms with Crippen LogP contribution in [0.4, 0.5) is 0 Å². The third kappa shape index (κ3) is 6.38. The van der Waals surface area contributed by atoms with E-state index in [0.29, 0.717) is 6.61 Å². The van der Waals surface area contributed by atoms with E-state index in [1.807, 2.05) is 24.3 Å². The van der Waals surface area contributed by atoms with Gasteiger partial charge in [0.15, 0.2) is 11.5 Å². The molecule has 0 aliphatic heterocycles. The van der Waals surface area contributed by atoms with Crippen LogP contribution >= 0.6 is 25.0 Å². The van der Waals surface area contributed by atoms with E-state index < -0.39 is 0 Å². The Labute approximate surface area is 121 Å². The standard InChI is InChI=1S/C13H21NO2S.ClH/c1-15-12-7-2-3-8-13(12)16-9-5-4-6-11(14)10-17;/h2-3,7-8,11,17H,4-6,9-10,14H2,1H3;1H/t11-;/m1./s1. The lowest BCUT2D eigenvalue weighted by Crippen LogP contribution is -2.21. The summed E-state index contributed by atoms with van der Waals surface area (Å²) in [6.45, 7) is 0.694. The van der Waals surface area contributed by atoms with E-state index >= 15 is 0 Å². The third-order valence-corrected chi connectivity index (χ3v) is 3.00. The van der Waals surface area contributed by atoms with Gasteiger partial charge in [-0.05, 0) is 31.4 Å². The predicted octanol–water partition coefficient (Wildman–Crippen LogP) is 2.92. The average Bonchev–Trinajstić information content (AvgIpc) is 2.38. The van der Waals surface area contributed by atoms with Crippen molar-refractivity contribution in [2.45, 2.75) is 25.3 Å². The topological polar surface area (TPSA) is 44.5 Å². The van der Waals surface area contributed by atoms with Crippen molar-refractivity contribution in [2.24, 2.45) is 5.73 Å². The van der Waals surface area contributed by atoms with Crippen molar-refractivity contribution in [3.8, 4) is 11.5 Å². The van der Waals surface area contributed by atoms with Gasteiger partial charge in [-0.2, -0.15) is 12.6 Å². The van der Waals surface area contributed by atoms with Crippen molar-refractivity contribution in [3.63, 3.8) is 0 Å². The Balaban J connectivity index is 0.00000289. The van der Waals surface area contributed by atoms with Crippen LogP contribution in [0.15, 0.2) is 24.3 Å². The zero-order chi connectivity index (χ0) is 12.5. The number of thiol groups is 1. The van der Waals surface area contributed by atoms with Gasteiger partial charge in [0, 0.05) is 11.8 Å². The van der Waals surface area contributed by atoms with Gasteiger partial charge >= 0.3 is 0 Å². The van der Waals surface area contributed by atoms with Gasteiger partial charge in [-0.15, -0.1) is 12.4 Å². The van der Waals surface area contributed by atoms with Crippen LogP contribution < -0.4 is 15.2 Å². The highest BCUT2D eigenvalue weighted by Gasteiger charge is 2.02. The second-order valence-electron chi connectivity index (χ2n) is 3.94. The number of para-hydroxylation sites is 2. The van der Waals surface area contributed by atoms with Gasteiger partial charge in [0.2, 0.25) is 0 Å². The quantitative estimate of drug-likeness (QED) is 0.572. The first kappa shape index (κ1) is 17.4. The number of hydrogen-bond donors (Lipinski definition) is 2. The number of ether oxygens (including phenoxy) is 2. The largest absolute Gasteiger partial charge is 0.493 e. The molecule has 104 valence electrons. The summed E-state index contributed by atoms with van der Waals surface area (Å²) in [6.07, 6.45) is 3.06. The smallest absolute Gasteiger partial charge is 0.161 e. The molecule has 0 amide bonds. The van der Waals surface area contributed by atoms with Crippen LogP contribution in [0.2, 0.25) is 0 Å². The van der Waals surface area contributed by atoms with Crippen LogP contribution in [-0.2, 0) is 0 Å². The Kier molecular flexibility index (Phi) is 10.0. The predicted molar refractivity (Wildman–Crippen MR) is 81.4 cm³/mol. The molecule has 0 fully saturated rings. The molecule has 1 rings (SSSR count). The molecule has 0 aliphatic rings. The Morgan fingerprint density at radius 2 is 1.89 bits per heavy atom. The fourth-order valence-corrected chi connectivity index (χ4v) is 1.70. The number of unbranched alkanes of at least 4 members (excludes halogenated alkanes) is 1. The van der Waals surface area contributed by atoms with Crippen molar-refractivity contribution in [1.29, 1.82) is 0 Å². The van der Waals surface area contributed by atoms with Crippen LogP contribution in [0, 0.1) is 0 Å². The minimum Gasteiger partial charge on any atom is -0.493 e. The van der Waals surface area contributed by atoms with Gasteiger partial charge in [0.05, 0.1) is 13.7 Å². The summed E-state index contributed by atoms with van der Waals surface area (Å²) < 4.78 is 10.9. The minimum absolute atomic E-state index is 0. The van der Waals surface area contributed by atoms with Gasteiger partial charge in [-0.3, -0.25) is 0 Å². The maximum Gasteiger partial charge on any atom is 0.161 e. The number of methoxy groups -OCH3 is 1. The van der Waals surface area contributed by atoms with E-state index in [0.717, 1.165) is 36.5 Å². The van der Waals surface area contributed by atoms with E-state index in [9.17, 15) is 0 Å². The molecule has 0 bridgehead atoms. The SMILES string of the molecule is COc1ccccc1OCCCC[C@@H](N)CS.Cl. The average molecular weight is 292 g/mol. The fourth-order valence-electron chi connectivity index (χ4n) is 1.52. The first-order valence-electron chi connectivity index (χ1n) is 5.90. The number of hydrogen-bond acceptors (Lipinski definition) is 4. The number of nitrogens with two attached hydrogens (primary N) is 1. The van der Waals surface area contributed by atoms with Crippen LogP contribution in [0.1, 0.15) is 19.3 Å². The number of rotatable bonds is 8. The molecule has 1 atom stereocenters. The molecule has 1 aromatic carbocycles. The second-order valence-corrected chi connectivity index (χ2v) is 4.30. The van der Waals surface area contributed by atoms with E-state index in [4.69, 9.17) is 15.2 Å². The molecule has 0 aromatic heterocycles. The Morgan fingerprint density at radius 3 is 2.50 bits per heavy atom. The van der Waals surface area contributed by atoms with Crippen LogP contribution in [-0.4, -0.2) is 25.5 Å². The maximum absolute atomic E-state index is 5.77. The lowest BCUT2D eigenvalue weighted by molar-refractivity contribution is 0.284. The molecule has 0 unspecified atom stereocenters. The number of halogens is 1. The molecule has 3 nitrogen and oxygen atoms in total. The van der Waals surface area contributed by atoms with Crippen LogP contribution in [0.25, 0.3) is 0 Å². The molecule has 0 saturated carbocycles. The number of benzene rings is 1. The van der Waals surface area contributed by atoms with E-state index in [1.165, 1.54) is 0 Å². The molecule has 0 saturated heterocycles. The summed E-state index contributed by atoms with van der Waals surface area (Å²) in [7, 11) is 1.65. The molecule has 0 aliphatic carbocycles. The lowest BCUT2D eigenvalue weighted by atomic mass is 10.1. The normalized spacial score (nSPS) is 11.5. The van der Waals surface area contributed by atoms with Crippen molar-refractivity contribution in [1.82, 2.24) is 0 Å². The van der Waals surface area contributed by atoms with Crippen molar-refractivity contribution < 1.29 is 9.47 Å². The summed E-state index contributed by atoms with van der Waals surface area (Å²) in [5.74, 6) is 2.32. The third-order valence-electron chi connectivity index (χ3n) is 2.53. The fraction of sp³-hybridized carbons (Fsp3) is 0.538. The monoisotopic (exact) mass is 291 g/mol. The molecule has 5 heteroatoms. The minimum atomic E-state index is 0. The lowest BCUT2D eigenvalue weighted by Gasteiger charge is -2.11. The Morgan fingerprint density at radius 1 is 1.22 bits per heavy atom. The molecule has 2 N–H and O–H groups in total. The highest BCUT2D eigenvalue weighted by molar-refractivity contribution is 7.80. The Bertz CT molecular complexity index is 326. The van der Waals surface area contributed by atoms with Crippen LogP contribution in [0.5, 0.6) is 11.5 Å². The molecule has 18 heavy (non-hydrogen) atoms. The second kappa shape index (κ2) is 10.4. The first-order valence-corrected chi connectivity index (χ1v) is 6.53. The summed E-state index contributed by atoms with van der Waals surface area (Å²) in [4.78, 5) is 0. The van der Waals surface area contributed by atoms with Gasteiger partial charge in [0.1, 0.15) is 0 Å². The Hall–Kier alpha value is -0.580. The molecule has 0 heterocycles. The van der Waals surface area contributed by atoms with E-state index in [-0.39, 0.29) is 18.4 Å². The summed E-state index contributed by atoms with van der Waals surface area (Å²) in [5.41, 5.74) is 5.77. The summed E-state index contributed by atoms with van der Waals surface area (Å²) in [5, 5.41) is 0. The van der Waals surface area contributed by atoms with Gasteiger partial charge in [-0.25, -0.2) is 0 Å². The zero-order valence-corrected chi connectivity index (χ0v) is 12.4. The molecular formula is C13H22ClNO2S. The van der Waals surface area contributed by atoms with Crippen LogP contribution in [0.3, 0.4) is 0 Å². The maximum atomic E-state index is 5.77. The molecule has 0 radical (unpaired) electrons. The van der Waals surface area contributed by atoms with Crippen molar-refractivity contribution >= 4 is 25.0 Å². The highest BCUT2D eigenvalue weighted by Crippen LogP contribution is 2.25.